The lowest BCUT2D eigenvalue weighted by Crippen LogP contribution is -2.52. The average molecular weight is 331 g/mol. The monoisotopic (exact) mass is 331 g/mol. The molecule has 2 atom stereocenters. The van der Waals surface area contributed by atoms with Crippen LogP contribution in [0, 0.1) is 5.92 Å². The highest BCUT2D eigenvalue weighted by Gasteiger charge is 2.40. The maximum Gasteiger partial charge on any atom is 0.163 e. The van der Waals surface area contributed by atoms with Crippen molar-refractivity contribution in [2.75, 3.05) is 14.2 Å². The lowest BCUT2D eigenvalue weighted by Gasteiger charge is -2.48. The highest BCUT2D eigenvalue weighted by Crippen LogP contribution is 2.38. The van der Waals surface area contributed by atoms with Gasteiger partial charge in [-0.3, -0.25) is 9.69 Å². The summed E-state index contributed by atoms with van der Waals surface area (Å²) in [6.45, 7) is 1.01. The van der Waals surface area contributed by atoms with Gasteiger partial charge in [0.15, 0.2) is 6.29 Å². The summed E-state index contributed by atoms with van der Waals surface area (Å²) in [5.74, 6) is 0.472. The van der Waals surface area contributed by atoms with Crippen molar-refractivity contribution in [2.24, 2.45) is 5.92 Å². The van der Waals surface area contributed by atoms with Gasteiger partial charge in [-0.05, 0) is 31.2 Å². The molecule has 1 aromatic rings. The third-order valence-corrected chi connectivity index (χ3v) is 5.68. The van der Waals surface area contributed by atoms with Gasteiger partial charge in [-0.25, -0.2) is 0 Å². The Balaban J connectivity index is 1.63. The van der Waals surface area contributed by atoms with Gasteiger partial charge < -0.3 is 9.47 Å². The molecule has 2 saturated heterocycles. The number of carbonyl (C=O) groups is 1. The van der Waals surface area contributed by atoms with Gasteiger partial charge in [-0.1, -0.05) is 36.8 Å². The fourth-order valence-corrected chi connectivity index (χ4v) is 4.39. The fraction of sp³-hybridized carbons (Fsp3) is 0.650. The van der Waals surface area contributed by atoms with Crippen molar-refractivity contribution in [1.29, 1.82) is 0 Å². The molecule has 0 radical (unpaired) electrons. The van der Waals surface area contributed by atoms with Gasteiger partial charge in [0.2, 0.25) is 0 Å². The van der Waals surface area contributed by atoms with Crippen LogP contribution in [0.4, 0.5) is 0 Å². The van der Waals surface area contributed by atoms with Gasteiger partial charge in [-0.2, -0.15) is 0 Å². The number of rotatable bonds is 7. The van der Waals surface area contributed by atoms with Crippen LogP contribution >= 0.6 is 0 Å². The van der Waals surface area contributed by atoms with E-state index in [4.69, 9.17) is 9.47 Å². The summed E-state index contributed by atoms with van der Waals surface area (Å²) in [5.41, 5.74) is 1.37. The van der Waals surface area contributed by atoms with Crippen LogP contribution in [0.5, 0.6) is 0 Å². The molecule has 2 heterocycles. The first-order valence-corrected chi connectivity index (χ1v) is 9.09. The molecule has 132 valence electrons. The van der Waals surface area contributed by atoms with Crippen LogP contribution in [0.15, 0.2) is 30.3 Å². The molecule has 2 unspecified atom stereocenters. The van der Waals surface area contributed by atoms with E-state index in [1.54, 1.807) is 14.2 Å². The Bertz CT molecular complexity index is 515. The number of Topliss-reactive ketones (excluding diaryl/α,β-unsaturated/α-hetero) is 1. The van der Waals surface area contributed by atoms with Gasteiger partial charge in [0, 0.05) is 38.8 Å². The molecule has 1 aromatic carbocycles. The zero-order chi connectivity index (χ0) is 16.9. The molecule has 2 fully saturated rings. The molecule has 0 N–H and O–H groups in total. The van der Waals surface area contributed by atoms with Crippen molar-refractivity contribution >= 4 is 5.78 Å². The summed E-state index contributed by atoms with van der Waals surface area (Å²) in [6, 6.07) is 11.8. The van der Waals surface area contributed by atoms with Crippen molar-refractivity contribution in [3.63, 3.8) is 0 Å². The standard InChI is InChI=1S/C20H29NO3/c1-23-20(24-2)13-19(22)16-11-17-9-6-10-18(12-16)21(17)14-15-7-4-3-5-8-15/h3-5,7-8,16-18,20H,6,9-14H2,1-2H3. The Kier molecular flexibility index (Phi) is 6.04. The molecule has 0 spiro atoms. The molecule has 2 bridgehead atoms. The molecule has 0 aromatic heterocycles. The van der Waals surface area contributed by atoms with E-state index in [1.165, 1.54) is 24.8 Å². The normalized spacial score (nSPS) is 27.4. The van der Waals surface area contributed by atoms with Crippen molar-refractivity contribution < 1.29 is 14.3 Å². The van der Waals surface area contributed by atoms with E-state index in [0.717, 1.165) is 19.4 Å². The molecule has 2 aliphatic rings. The predicted molar refractivity (Wildman–Crippen MR) is 93.6 cm³/mol. The van der Waals surface area contributed by atoms with E-state index in [0.29, 0.717) is 24.3 Å². The highest BCUT2D eigenvalue weighted by molar-refractivity contribution is 5.81. The smallest absolute Gasteiger partial charge is 0.163 e. The number of methoxy groups -OCH3 is 2. The van der Waals surface area contributed by atoms with Gasteiger partial charge >= 0.3 is 0 Å². The molecule has 2 aliphatic heterocycles. The largest absolute Gasteiger partial charge is 0.355 e. The van der Waals surface area contributed by atoms with Crippen molar-refractivity contribution in [2.45, 2.75) is 63.4 Å². The summed E-state index contributed by atoms with van der Waals surface area (Å²) in [5, 5.41) is 0. The zero-order valence-electron chi connectivity index (χ0n) is 14.8. The summed E-state index contributed by atoms with van der Waals surface area (Å²) in [7, 11) is 3.19. The van der Waals surface area contributed by atoms with E-state index < -0.39 is 6.29 Å². The van der Waals surface area contributed by atoms with Gasteiger partial charge in [0.1, 0.15) is 5.78 Å². The second-order valence-corrected chi connectivity index (χ2v) is 7.14. The van der Waals surface area contributed by atoms with Crippen LogP contribution in [0.1, 0.15) is 44.1 Å². The summed E-state index contributed by atoms with van der Waals surface area (Å²) < 4.78 is 10.4. The minimum Gasteiger partial charge on any atom is -0.355 e. The highest BCUT2D eigenvalue weighted by atomic mass is 16.7. The van der Waals surface area contributed by atoms with Crippen molar-refractivity contribution in [3.8, 4) is 0 Å². The van der Waals surface area contributed by atoms with E-state index in [1.807, 2.05) is 0 Å². The van der Waals surface area contributed by atoms with Gasteiger partial charge in [-0.15, -0.1) is 0 Å². The zero-order valence-corrected chi connectivity index (χ0v) is 14.8. The first-order chi connectivity index (χ1) is 11.7. The van der Waals surface area contributed by atoms with Crippen LogP contribution < -0.4 is 0 Å². The third-order valence-electron chi connectivity index (χ3n) is 5.68. The average Bonchev–Trinajstić information content (AvgIpc) is 2.60. The van der Waals surface area contributed by atoms with Crippen LogP contribution in [0.2, 0.25) is 0 Å². The van der Waals surface area contributed by atoms with E-state index >= 15 is 0 Å². The van der Waals surface area contributed by atoms with Crippen LogP contribution in [0.25, 0.3) is 0 Å². The Hall–Kier alpha value is -1.23. The summed E-state index contributed by atoms with van der Waals surface area (Å²) in [6.07, 6.45) is 5.66. The Labute approximate surface area is 145 Å². The fourth-order valence-electron chi connectivity index (χ4n) is 4.39. The second kappa shape index (κ2) is 8.24. The maximum absolute atomic E-state index is 12.6. The second-order valence-electron chi connectivity index (χ2n) is 7.14. The topological polar surface area (TPSA) is 38.8 Å². The number of ether oxygens (including phenoxy) is 2. The molecule has 4 heteroatoms. The first kappa shape index (κ1) is 17.6. The lowest BCUT2D eigenvalue weighted by molar-refractivity contribution is -0.144. The molecule has 4 nitrogen and oxygen atoms in total. The van der Waals surface area contributed by atoms with E-state index in [-0.39, 0.29) is 5.92 Å². The number of fused-ring (bicyclic) bond motifs is 2. The third kappa shape index (κ3) is 4.05. The molecule has 0 aliphatic carbocycles. The molecular formula is C20H29NO3. The lowest BCUT2D eigenvalue weighted by atomic mass is 9.76. The first-order valence-electron chi connectivity index (χ1n) is 9.09. The van der Waals surface area contributed by atoms with Gasteiger partial charge in [0.25, 0.3) is 0 Å². The summed E-state index contributed by atoms with van der Waals surface area (Å²) >= 11 is 0. The number of ketones is 1. The van der Waals surface area contributed by atoms with Crippen LogP contribution in [0.3, 0.4) is 0 Å². The van der Waals surface area contributed by atoms with Crippen LogP contribution in [-0.4, -0.2) is 43.3 Å². The van der Waals surface area contributed by atoms with Crippen molar-refractivity contribution in [1.82, 2.24) is 4.90 Å². The minimum absolute atomic E-state index is 0.167. The number of piperidine rings is 2. The molecule has 3 rings (SSSR count). The van der Waals surface area contributed by atoms with E-state index in [2.05, 4.69) is 35.2 Å². The Morgan fingerprint density at radius 2 is 1.75 bits per heavy atom. The Morgan fingerprint density at radius 1 is 1.12 bits per heavy atom. The van der Waals surface area contributed by atoms with Crippen molar-refractivity contribution in [3.05, 3.63) is 35.9 Å². The minimum atomic E-state index is -0.403. The SMILES string of the molecule is COC(CC(=O)C1CC2CCCC(C1)N2Cc1ccccc1)OC. The molecule has 0 amide bonds. The number of benzene rings is 1. The van der Waals surface area contributed by atoms with E-state index in [9.17, 15) is 4.79 Å². The number of nitrogens with zero attached hydrogens (tertiary/aromatic N) is 1. The predicted octanol–water partition coefficient (Wildman–Crippen LogP) is 3.40. The van der Waals surface area contributed by atoms with Crippen LogP contribution in [-0.2, 0) is 20.8 Å². The molecule has 0 saturated carbocycles. The number of hydrogen-bond acceptors (Lipinski definition) is 4. The molecular weight excluding hydrogens is 302 g/mol. The number of carbonyl (C=O) groups excluding carboxylic acids is 1. The maximum atomic E-state index is 12.6. The quantitative estimate of drug-likeness (QED) is 0.718. The Morgan fingerprint density at radius 3 is 2.33 bits per heavy atom. The van der Waals surface area contributed by atoms with Gasteiger partial charge in [0.05, 0.1) is 6.42 Å². The molecule has 24 heavy (non-hydrogen) atoms. The summed E-state index contributed by atoms with van der Waals surface area (Å²) in [4.78, 5) is 15.3. The number of hydrogen-bond donors (Lipinski definition) is 0.